The summed E-state index contributed by atoms with van der Waals surface area (Å²) in [5.74, 6) is -0.490. The fourth-order valence-electron chi connectivity index (χ4n) is 1.98. The van der Waals surface area contributed by atoms with E-state index in [0.717, 1.165) is 10.5 Å². The minimum atomic E-state index is -4.94. The van der Waals surface area contributed by atoms with E-state index in [-0.39, 0.29) is 0 Å². The van der Waals surface area contributed by atoms with Crippen molar-refractivity contribution in [2.24, 2.45) is 0 Å². The molecule has 0 saturated heterocycles. The molecular weight excluding hydrogens is 443 g/mol. The van der Waals surface area contributed by atoms with Crippen LogP contribution in [0.2, 0.25) is 5.02 Å². The molecule has 0 bridgehead atoms. The van der Waals surface area contributed by atoms with Crippen molar-refractivity contribution in [1.82, 2.24) is 0 Å². The Hall–Kier alpha value is -0.220. The van der Waals surface area contributed by atoms with Crippen molar-refractivity contribution in [2.45, 2.75) is 19.6 Å². The second kappa shape index (κ2) is 12.4. The molecule has 0 amide bonds. The van der Waals surface area contributed by atoms with E-state index in [9.17, 15) is 4.57 Å². The highest BCUT2D eigenvalue weighted by Crippen LogP contribution is 2.51. The maximum absolute atomic E-state index is 13.0. The van der Waals surface area contributed by atoms with E-state index in [4.69, 9.17) is 50.9 Å². The molecule has 1 aromatic carbocycles. The highest BCUT2D eigenvalue weighted by molar-refractivity contribution is 7.54. The first-order valence-electron chi connectivity index (χ1n) is 7.77. The number of hydrogen-bond donors (Lipinski definition) is 1. The Labute approximate surface area is 171 Å². The molecule has 1 atom stereocenters. The van der Waals surface area contributed by atoms with Gasteiger partial charge in [0.1, 0.15) is 0 Å². The monoisotopic (exact) mass is 465 g/mol. The SMILES string of the molecule is CCOP(=O)(OCC)C(C=C(Cl)c1ccc(Cl)cc1)[NH+](C)C.[O-][Cl+3]([O-])([O-])[O-]. The van der Waals surface area contributed by atoms with Crippen LogP contribution in [0.1, 0.15) is 19.4 Å². The van der Waals surface area contributed by atoms with Gasteiger partial charge in [-0.2, -0.15) is 0 Å². The van der Waals surface area contributed by atoms with Crippen LogP contribution in [-0.2, 0) is 13.6 Å². The molecule has 12 heteroatoms. The van der Waals surface area contributed by atoms with Gasteiger partial charge in [0, 0.05) is 11.1 Å². The minimum absolute atomic E-state index is 0.313. The largest absolute Gasteiger partial charge is 0.391 e. The quantitative estimate of drug-likeness (QED) is 0.481. The summed E-state index contributed by atoms with van der Waals surface area (Å²) in [5.41, 5.74) is 0.803. The zero-order valence-electron chi connectivity index (χ0n) is 15.3. The second-order valence-corrected chi connectivity index (χ2v) is 9.05. The summed E-state index contributed by atoms with van der Waals surface area (Å²) in [5, 5.41) is 1.12. The van der Waals surface area contributed by atoms with E-state index in [2.05, 4.69) is 0 Å². The molecular formula is C15H23Cl3NO7P. The van der Waals surface area contributed by atoms with Gasteiger partial charge in [0.15, 0.2) is 0 Å². The third-order valence-corrected chi connectivity index (χ3v) is 6.15. The number of quaternary nitrogens is 1. The van der Waals surface area contributed by atoms with Crippen LogP contribution in [0.3, 0.4) is 0 Å². The summed E-state index contributed by atoms with van der Waals surface area (Å²) in [7, 11) is -4.46. The van der Waals surface area contributed by atoms with Crippen molar-refractivity contribution in [3.8, 4) is 0 Å². The molecule has 0 fully saturated rings. The van der Waals surface area contributed by atoms with Crippen LogP contribution in [0.4, 0.5) is 0 Å². The minimum Gasteiger partial charge on any atom is -0.324 e. The van der Waals surface area contributed by atoms with Crippen LogP contribution in [0.15, 0.2) is 30.3 Å². The molecule has 0 radical (unpaired) electrons. The van der Waals surface area contributed by atoms with Crippen molar-refractivity contribution in [3.63, 3.8) is 0 Å². The Balaban J connectivity index is 0.00000119. The summed E-state index contributed by atoms with van der Waals surface area (Å²) < 4.78 is 57.8. The Bertz CT molecular complexity index is 619. The Kier molecular flexibility index (Phi) is 12.3. The fraction of sp³-hybridized carbons (Fsp3) is 0.467. The Morgan fingerprint density at radius 3 is 1.89 bits per heavy atom. The van der Waals surface area contributed by atoms with Gasteiger partial charge >= 0.3 is 7.60 Å². The van der Waals surface area contributed by atoms with Crippen LogP contribution >= 0.6 is 30.8 Å². The first kappa shape index (κ1) is 26.8. The average Bonchev–Trinajstić information content (AvgIpc) is 2.51. The van der Waals surface area contributed by atoms with Crippen LogP contribution in [0, 0.1) is 10.2 Å². The molecule has 0 aliphatic carbocycles. The third-order valence-electron chi connectivity index (χ3n) is 2.97. The smallest absolute Gasteiger partial charge is 0.324 e. The first-order valence-corrected chi connectivity index (χ1v) is 11.4. The molecule has 1 unspecified atom stereocenters. The van der Waals surface area contributed by atoms with Gasteiger partial charge in [-0.3, -0.25) is 4.57 Å². The van der Waals surface area contributed by atoms with Crippen molar-refractivity contribution in [2.75, 3.05) is 27.3 Å². The maximum Gasteiger partial charge on any atom is 0.391 e. The van der Waals surface area contributed by atoms with E-state index >= 15 is 0 Å². The molecule has 1 aromatic rings. The van der Waals surface area contributed by atoms with Crippen molar-refractivity contribution < 1.29 is 47.4 Å². The zero-order valence-corrected chi connectivity index (χ0v) is 18.5. The summed E-state index contributed by atoms with van der Waals surface area (Å²) in [6, 6.07) is 7.15. The van der Waals surface area contributed by atoms with Gasteiger partial charge in [-0.05, 0) is 31.5 Å². The summed E-state index contributed by atoms with van der Waals surface area (Å²) in [6.45, 7) is 4.21. The topological polar surface area (TPSA) is 132 Å². The summed E-state index contributed by atoms with van der Waals surface area (Å²) in [4.78, 5) is 0.914. The predicted molar refractivity (Wildman–Crippen MR) is 92.7 cm³/mol. The number of rotatable bonds is 8. The summed E-state index contributed by atoms with van der Waals surface area (Å²) in [6.07, 6.45) is 1.73. The van der Waals surface area contributed by atoms with Gasteiger partial charge in [-0.1, -0.05) is 35.3 Å². The highest BCUT2D eigenvalue weighted by atomic mass is 35.7. The van der Waals surface area contributed by atoms with Crippen molar-refractivity contribution in [1.29, 1.82) is 0 Å². The van der Waals surface area contributed by atoms with Crippen LogP contribution in [-0.4, -0.2) is 33.1 Å². The molecule has 27 heavy (non-hydrogen) atoms. The molecule has 0 heterocycles. The van der Waals surface area contributed by atoms with E-state index in [1.54, 1.807) is 32.1 Å². The number of halogens is 3. The fourth-order valence-corrected chi connectivity index (χ4v) is 4.52. The number of nitrogens with one attached hydrogen (secondary N) is 1. The third kappa shape index (κ3) is 11.4. The molecule has 0 aliphatic rings. The second-order valence-electron chi connectivity index (χ2n) is 5.30. The van der Waals surface area contributed by atoms with Gasteiger partial charge in [-0.25, -0.2) is 18.6 Å². The lowest BCUT2D eigenvalue weighted by atomic mass is 10.2. The highest BCUT2D eigenvalue weighted by Gasteiger charge is 2.39. The standard InChI is InChI=1S/C15H22Cl2NO3P.ClHO4/c1-5-20-22(19,21-6-2)15(18(3)4)11-14(17)12-7-9-13(16)10-8-12;2-1(3,4)5/h7-11,15H,5-6H2,1-4H3;(H,2,3,4,5). The lowest BCUT2D eigenvalue weighted by Crippen LogP contribution is -3.09. The van der Waals surface area contributed by atoms with E-state index in [1.807, 2.05) is 26.2 Å². The number of benzene rings is 1. The number of hydrogen-bond acceptors (Lipinski definition) is 7. The zero-order chi connectivity index (χ0) is 21.3. The van der Waals surface area contributed by atoms with E-state index < -0.39 is 23.6 Å². The van der Waals surface area contributed by atoms with E-state index in [0.29, 0.717) is 23.3 Å². The normalized spacial score (nSPS) is 14.0. The average molecular weight is 467 g/mol. The molecule has 156 valence electrons. The van der Waals surface area contributed by atoms with Gasteiger partial charge < -0.3 is 13.9 Å². The molecule has 8 nitrogen and oxygen atoms in total. The lowest BCUT2D eigenvalue weighted by Gasteiger charge is -2.26. The van der Waals surface area contributed by atoms with Gasteiger partial charge in [0.05, 0.1) is 32.3 Å². The van der Waals surface area contributed by atoms with Crippen LogP contribution in [0.25, 0.3) is 5.03 Å². The van der Waals surface area contributed by atoms with Crippen molar-refractivity contribution >= 4 is 35.8 Å². The molecule has 0 aromatic heterocycles. The number of likely N-dealkylation sites (N-methyl/N-ethyl adjacent to an activating group) is 1. The van der Waals surface area contributed by atoms with Crippen molar-refractivity contribution in [3.05, 3.63) is 40.9 Å². The predicted octanol–water partition coefficient (Wildman–Crippen LogP) is -1.10. The van der Waals surface area contributed by atoms with Crippen LogP contribution < -0.4 is 23.5 Å². The molecule has 1 rings (SSSR count). The Morgan fingerprint density at radius 2 is 1.56 bits per heavy atom. The molecule has 1 N–H and O–H groups in total. The molecule has 0 saturated carbocycles. The van der Waals surface area contributed by atoms with E-state index in [1.165, 1.54) is 0 Å². The molecule has 0 spiro atoms. The summed E-state index contributed by atoms with van der Waals surface area (Å²) >= 11 is 12.3. The van der Waals surface area contributed by atoms with Gasteiger partial charge in [-0.15, -0.1) is 10.2 Å². The lowest BCUT2D eigenvalue weighted by molar-refractivity contribution is -2.00. The van der Waals surface area contributed by atoms with Gasteiger partial charge in [0.2, 0.25) is 5.78 Å². The van der Waals surface area contributed by atoms with Gasteiger partial charge in [0.25, 0.3) is 0 Å². The van der Waals surface area contributed by atoms with Crippen LogP contribution in [0.5, 0.6) is 0 Å². The molecule has 0 aliphatic heterocycles. The first-order chi connectivity index (χ1) is 12.3. The Morgan fingerprint density at radius 1 is 1.15 bits per heavy atom. The maximum atomic E-state index is 13.0.